The number of aliphatic hydroxyl groups excluding tert-OH is 1. The second kappa shape index (κ2) is 8.89. The molecule has 4 rings (SSSR count). The molecule has 1 N–H and O–H groups in total. The van der Waals surface area contributed by atoms with Crippen LogP contribution in [0.1, 0.15) is 34.5 Å². The first kappa shape index (κ1) is 21.1. The lowest BCUT2D eigenvalue weighted by Crippen LogP contribution is -2.29. The van der Waals surface area contributed by atoms with Crippen molar-refractivity contribution in [3.8, 4) is 0 Å². The van der Waals surface area contributed by atoms with Crippen LogP contribution < -0.4 is 4.90 Å². The van der Waals surface area contributed by atoms with Gasteiger partial charge < -0.3 is 9.84 Å². The fraction of sp³-hybridized carbons (Fsp3) is 0.115. The minimum Gasteiger partial charge on any atom is -0.507 e. The number of benzene rings is 3. The Balaban J connectivity index is 1.84. The molecule has 1 unspecified atom stereocenters. The molecule has 6 nitrogen and oxygen atoms in total. The first-order valence-corrected chi connectivity index (χ1v) is 10.2. The van der Waals surface area contributed by atoms with Gasteiger partial charge in [0.1, 0.15) is 5.76 Å². The number of ether oxygens (including phenoxy) is 1. The molecule has 1 aliphatic rings. The van der Waals surface area contributed by atoms with E-state index in [2.05, 4.69) is 0 Å². The first-order chi connectivity index (χ1) is 15.5. The van der Waals surface area contributed by atoms with Crippen LogP contribution in [0.5, 0.6) is 0 Å². The molecule has 0 saturated carbocycles. The summed E-state index contributed by atoms with van der Waals surface area (Å²) in [5.41, 5.74) is 1.92. The predicted octanol–water partition coefficient (Wildman–Crippen LogP) is 4.49. The van der Waals surface area contributed by atoms with Crippen LogP contribution in [0.4, 0.5) is 5.69 Å². The average molecular weight is 427 g/mol. The molecule has 1 heterocycles. The van der Waals surface area contributed by atoms with Gasteiger partial charge in [0.25, 0.3) is 11.7 Å². The number of hydrogen-bond donors (Lipinski definition) is 1. The van der Waals surface area contributed by atoms with Gasteiger partial charge in [-0.1, -0.05) is 60.7 Å². The zero-order valence-corrected chi connectivity index (χ0v) is 17.4. The van der Waals surface area contributed by atoms with Gasteiger partial charge in [0, 0.05) is 11.3 Å². The third-order valence-corrected chi connectivity index (χ3v) is 5.26. The molecule has 1 fully saturated rings. The number of carbonyl (C=O) groups is 3. The van der Waals surface area contributed by atoms with Crippen molar-refractivity contribution in [1.82, 2.24) is 0 Å². The van der Waals surface area contributed by atoms with Gasteiger partial charge in [-0.3, -0.25) is 14.5 Å². The highest BCUT2D eigenvalue weighted by atomic mass is 16.5. The smallest absolute Gasteiger partial charge is 0.338 e. The molecule has 0 spiro atoms. The number of anilines is 1. The predicted molar refractivity (Wildman–Crippen MR) is 120 cm³/mol. The van der Waals surface area contributed by atoms with Crippen molar-refractivity contribution in [2.45, 2.75) is 13.0 Å². The maximum absolute atomic E-state index is 13.1. The van der Waals surface area contributed by atoms with Crippen molar-refractivity contribution in [1.29, 1.82) is 0 Å². The average Bonchev–Trinajstić information content (AvgIpc) is 3.10. The van der Waals surface area contributed by atoms with E-state index >= 15 is 0 Å². The Morgan fingerprint density at radius 1 is 0.875 bits per heavy atom. The van der Waals surface area contributed by atoms with Crippen LogP contribution >= 0.6 is 0 Å². The van der Waals surface area contributed by atoms with Gasteiger partial charge in [-0.05, 0) is 36.8 Å². The summed E-state index contributed by atoms with van der Waals surface area (Å²) >= 11 is 0. The summed E-state index contributed by atoms with van der Waals surface area (Å²) in [5.74, 6) is -2.22. The van der Waals surface area contributed by atoms with E-state index < -0.39 is 23.7 Å². The van der Waals surface area contributed by atoms with Gasteiger partial charge in [-0.25, -0.2) is 4.79 Å². The zero-order valence-electron chi connectivity index (χ0n) is 17.4. The lowest BCUT2D eigenvalue weighted by Gasteiger charge is -2.25. The molecule has 3 aromatic carbocycles. The molecule has 0 aromatic heterocycles. The number of nitrogens with zero attached hydrogens (tertiary/aromatic N) is 1. The van der Waals surface area contributed by atoms with Crippen molar-refractivity contribution in [2.24, 2.45) is 0 Å². The van der Waals surface area contributed by atoms with Crippen molar-refractivity contribution in [2.75, 3.05) is 11.5 Å². The highest BCUT2D eigenvalue weighted by molar-refractivity contribution is 6.51. The SMILES string of the molecule is CCOC(=O)c1ccc(N2C(=O)C(=O)/C(=C(\O)c3ccccc3)C2c2ccccc2)cc1. The van der Waals surface area contributed by atoms with Gasteiger partial charge in [0.2, 0.25) is 0 Å². The molecule has 1 amide bonds. The number of Topliss-reactive ketones (excluding diaryl/α,β-unsaturated/α-hetero) is 1. The van der Waals surface area contributed by atoms with E-state index in [0.717, 1.165) is 0 Å². The molecule has 3 aromatic rings. The molecular weight excluding hydrogens is 406 g/mol. The first-order valence-electron chi connectivity index (χ1n) is 10.2. The maximum Gasteiger partial charge on any atom is 0.338 e. The molecule has 32 heavy (non-hydrogen) atoms. The van der Waals surface area contributed by atoms with E-state index in [-0.39, 0.29) is 17.9 Å². The van der Waals surface area contributed by atoms with Crippen LogP contribution in [0.3, 0.4) is 0 Å². The summed E-state index contributed by atoms with van der Waals surface area (Å²) in [5, 5.41) is 11.0. The van der Waals surface area contributed by atoms with Gasteiger partial charge in [0.15, 0.2) is 0 Å². The van der Waals surface area contributed by atoms with Gasteiger partial charge in [0.05, 0.1) is 23.8 Å². The lowest BCUT2D eigenvalue weighted by molar-refractivity contribution is -0.132. The van der Waals surface area contributed by atoms with Crippen LogP contribution in [0, 0.1) is 0 Å². The molecular formula is C26H21NO5. The number of rotatable bonds is 5. The second-order valence-corrected chi connectivity index (χ2v) is 7.21. The largest absolute Gasteiger partial charge is 0.507 e. The van der Waals surface area contributed by atoms with E-state index in [4.69, 9.17) is 4.74 Å². The molecule has 1 saturated heterocycles. The number of hydrogen-bond acceptors (Lipinski definition) is 5. The quantitative estimate of drug-likeness (QED) is 0.281. The Morgan fingerprint density at radius 2 is 1.47 bits per heavy atom. The Bertz CT molecular complexity index is 1180. The van der Waals surface area contributed by atoms with Crippen molar-refractivity contribution in [3.05, 3.63) is 107 Å². The Kier molecular flexibility index (Phi) is 5.85. The molecule has 0 aliphatic carbocycles. The Hall–Kier alpha value is -4.19. The normalized spacial score (nSPS) is 17.4. The fourth-order valence-corrected chi connectivity index (χ4v) is 3.77. The van der Waals surface area contributed by atoms with E-state index in [1.54, 1.807) is 73.7 Å². The molecule has 6 heteroatoms. The van der Waals surface area contributed by atoms with Crippen LogP contribution in [0.2, 0.25) is 0 Å². The molecule has 1 aliphatic heterocycles. The number of esters is 1. The summed E-state index contributed by atoms with van der Waals surface area (Å²) in [4.78, 5) is 39.5. The molecule has 0 bridgehead atoms. The Morgan fingerprint density at radius 3 is 2.06 bits per heavy atom. The summed E-state index contributed by atoms with van der Waals surface area (Å²) < 4.78 is 5.01. The summed E-state index contributed by atoms with van der Waals surface area (Å²) in [6.07, 6.45) is 0. The topological polar surface area (TPSA) is 83.9 Å². The summed E-state index contributed by atoms with van der Waals surface area (Å²) in [6, 6.07) is 23.2. The van der Waals surface area contributed by atoms with Crippen molar-refractivity contribution in [3.63, 3.8) is 0 Å². The third kappa shape index (κ3) is 3.78. The second-order valence-electron chi connectivity index (χ2n) is 7.21. The van der Waals surface area contributed by atoms with E-state index in [1.165, 1.54) is 4.90 Å². The minimum atomic E-state index is -0.815. The highest BCUT2D eigenvalue weighted by Gasteiger charge is 2.46. The number of amides is 1. The van der Waals surface area contributed by atoms with Crippen LogP contribution in [-0.2, 0) is 14.3 Å². The van der Waals surface area contributed by atoms with Crippen molar-refractivity contribution < 1.29 is 24.2 Å². The van der Waals surface area contributed by atoms with Crippen LogP contribution in [-0.4, -0.2) is 29.4 Å². The molecule has 0 radical (unpaired) electrons. The maximum atomic E-state index is 13.1. The third-order valence-electron chi connectivity index (χ3n) is 5.26. The lowest BCUT2D eigenvalue weighted by atomic mass is 9.95. The minimum absolute atomic E-state index is 0.0156. The van der Waals surface area contributed by atoms with Gasteiger partial charge in [-0.15, -0.1) is 0 Å². The number of carbonyl (C=O) groups excluding carboxylic acids is 3. The van der Waals surface area contributed by atoms with Gasteiger partial charge in [-0.2, -0.15) is 0 Å². The number of ketones is 1. The molecule has 1 atom stereocenters. The van der Waals surface area contributed by atoms with Crippen LogP contribution in [0.25, 0.3) is 5.76 Å². The summed E-state index contributed by atoms with van der Waals surface area (Å²) in [7, 11) is 0. The highest BCUT2D eigenvalue weighted by Crippen LogP contribution is 2.42. The van der Waals surface area contributed by atoms with Crippen molar-refractivity contribution >= 4 is 29.1 Å². The monoisotopic (exact) mass is 427 g/mol. The molecule has 160 valence electrons. The van der Waals surface area contributed by atoms with E-state index in [9.17, 15) is 19.5 Å². The fourth-order valence-electron chi connectivity index (χ4n) is 3.77. The Labute approximate surface area is 185 Å². The van der Waals surface area contributed by atoms with E-state index in [0.29, 0.717) is 22.4 Å². The van der Waals surface area contributed by atoms with Gasteiger partial charge >= 0.3 is 5.97 Å². The number of aliphatic hydroxyl groups is 1. The standard InChI is InChI=1S/C26H21NO5/c1-2-32-26(31)19-13-15-20(16-14-19)27-22(17-9-5-3-6-10-17)21(24(29)25(27)30)23(28)18-11-7-4-8-12-18/h3-16,22,28H,2H2,1H3/b23-21-. The summed E-state index contributed by atoms with van der Waals surface area (Å²) in [6.45, 7) is 1.97. The van der Waals surface area contributed by atoms with Crippen LogP contribution in [0.15, 0.2) is 90.5 Å². The zero-order chi connectivity index (χ0) is 22.7. The van der Waals surface area contributed by atoms with E-state index in [1.807, 2.05) is 18.2 Å².